The maximum absolute atomic E-state index is 12.7. The van der Waals surface area contributed by atoms with Crippen LogP contribution in [0.3, 0.4) is 0 Å². The van der Waals surface area contributed by atoms with Crippen LogP contribution in [-0.2, 0) is 35.1 Å². The van der Waals surface area contributed by atoms with E-state index in [4.69, 9.17) is 9.47 Å². The lowest BCUT2D eigenvalue weighted by Crippen LogP contribution is -2.15. The van der Waals surface area contributed by atoms with Crippen molar-refractivity contribution in [2.45, 2.75) is 35.5 Å². The standard InChI is InChI=1S/C35H32N8O18S3/c1-4-60-25-15-23(26(61-5-2)14-22(25)39-38-21-8-6-18(36-16(3)44)13-27(21)62(51,52)53)40-42-32-29(64(57,58)59)11-17-10-28(63(54,55)56)31(33(45)30(17)34(32)46)41-37-19-7-9-24(43(49)50)20(12-19)35(47)48/h6-15,45-46,49-50H,4-5H2,1-3H3,(H,36,44)(H,47,48)(H,51,52,53)(H,54,55,56)(H,57,58,59). The second kappa shape index (κ2) is 18.6. The molecule has 0 aromatic heterocycles. The van der Waals surface area contributed by atoms with Gasteiger partial charge in [-0.3, -0.25) is 28.9 Å². The summed E-state index contributed by atoms with van der Waals surface area (Å²) in [5.41, 5.74) is -4.62. The molecular weight excluding hydrogens is 917 g/mol. The first-order chi connectivity index (χ1) is 29.8. The van der Waals surface area contributed by atoms with E-state index in [9.17, 15) is 74.2 Å². The predicted molar refractivity (Wildman–Crippen MR) is 218 cm³/mol. The fraction of sp³-hybridized carbons (Fsp3) is 0.143. The smallest absolute Gasteiger partial charge is 0.338 e. The summed E-state index contributed by atoms with van der Waals surface area (Å²) in [5, 5.41) is 74.3. The molecule has 0 fully saturated rings. The van der Waals surface area contributed by atoms with Gasteiger partial charge in [-0.2, -0.15) is 30.4 Å². The molecule has 64 heavy (non-hydrogen) atoms. The van der Waals surface area contributed by atoms with Gasteiger partial charge < -0.3 is 30.1 Å². The van der Waals surface area contributed by atoms with Crippen LogP contribution in [0.15, 0.2) is 106 Å². The Bertz CT molecular complexity index is 3160. The first kappa shape index (κ1) is 47.8. The number of amides is 1. The molecule has 0 bridgehead atoms. The van der Waals surface area contributed by atoms with Crippen molar-refractivity contribution in [1.82, 2.24) is 0 Å². The van der Waals surface area contributed by atoms with Gasteiger partial charge in [0.2, 0.25) is 5.91 Å². The van der Waals surface area contributed by atoms with Crippen LogP contribution in [0.25, 0.3) is 10.8 Å². The monoisotopic (exact) mass is 948 g/mol. The zero-order chi connectivity index (χ0) is 47.5. The Morgan fingerprint density at radius 3 is 1.58 bits per heavy atom. The number of nitrogens with zero attached hydrogens (tertiary/aromatic N) is 7. The Hall–Kier alpha value is -7.25. The van der Waals surface area contributed by atoms with Gasteiger partial charge in [-0.25, -0.2) is 4.79 Å². The minimum absolute atomic E-state index is 0.0156. The Labute approximate surface area is 360 Å². The van der Waals surface area contributed by atoms with Crippen LogP contribution >= 0.6 is 0 Å². The minimum atomic E-state index is -5.39. The average Bonchev–Trinajstić information content (AvgIpc) is 3.18. The number of ether oxygens (including phenoxy) is 2. The van der Waals surface area contributed by atoms with E-state index in [-0.39, 0.29) is 53.1 Å². The SMILES string of the molecule is CCOc1cc(N=Nc2c(S(=O)(=O)O)cc3cc(S(=O)(=O)O)c(N=Nc4ccc(N(O)O)c(C(=O)O)c4)c(O)c3c2O)c(OCC)cc1N=Nc1ccc(NC(C)=O)cc1S(=O)(=O)O. The van der Waals surface area contributed by atoms with Gasteiger partial charge in [0, 0.05) is 24.7 Å². The third-order valence-corrected chi connectivity index (χ3v) is 10.8. The van der Waals surface area contributed by atoms with Crippen molar-refractivity contribution in [2.24, 2.45) is 30.7 Å². The molecular formula is C35H32N8O18S3. The molecule has 0 unspecified atom stereocenters. The fourth-order valence-electron chi connectivity index (χ4n) is 5.62. The van der Waals surface area contributed by atoms with Gasteiger partial charge in [0.15, 0.2) is 11.5 Å². The number of hydrogen-bond acceptors (Lipinski definition) is 21. The molecule has 9 N–H and O–H groups in total. The second-order valence-electron chi connectivity index (χ2n) is 12.6. The molecule has 338 valence electrons. The number of benzene rings is 5. The van der Waals surface area contributed by atoms with Crippen LogP contribution in [0.4, 0.5) is 45.5 Å². The van der Waals surface area contributed by atoms with Gasteiger partial charge >= 0.3 is 5.97 Å². The number of phenolic OH excluding ortho intramolecular Hbond substituents is 2. The molecule has 0 spiro atoms. The highest BCUT2D eigenvalue weighted by molar-refractivity contribution is 7.86. The third kappa shape index (κ3) is 10.7. The molecule has 0 heterocycles. The highest BCUT2D eigenvalue weighted by Crippen LogP contribution is 2.51. The number of carbonyl (C=O) groups is 2. The van der Waals surface area contributed by atoms with Crippen molar-refractivity contribution in [2.75, 3.05) is 23.8 Å². The summed E-state index contributed by atoms with van der Waals surface area (Å²) in [7, 11) is -15.7. The summed E-state index contributed by atoms with van der Waals surface area (Å²) < 4.78 is 116. The Morgan fingerprint density at radius 1 is 0.641 bits per heavy atom. The molecule has 0 saturated heterocycles. The maximum Gasteiger partial charge on any atom is 0.338 e. The molecule has 5 aromatic carbocycles. The molecule has 0 aliphatic rings. The number of carboxylic acids is 1. The van der Waals surface area contributed by atoms with Gasteiger partial charge in [0.1, 0.15) is 60.3 Å². The van der Waals surface area contributed by atoms with Crippen LogP contribution in [0.2, 0.25) is 0 Å². The van der Waals surface area contributed by atoms with E-state index in [1.54, 1.807) is 13.8 Å². The molecule has 26 nitrogen and oxygen atoms in total. The molecule has 5 aromatic rings. The number of fused-ring (bicyclic) bond motifs is 1. The van der Waals surface area contributed by atoms with E-state index < -0.39 is 107 Å². The quantitative estimate of drug-likeness (QED) is 0.0266. The van der Waals surface area contributed by atoms with Crippen molar-refractivity contribution in [1.29, 1.82) is 0 Å². The lowest BCUT2D eigenvalue weighted by atomic mass is 10.1. The number of phenols is 2. The van der Waals surface area contributed by atoms with Crippen LogP contribution in [-0.4, -0.2) is 89.7 Å². The fourth-order valence-corrected chi connectivity index (χ4v) is 7.58. The number of nitrogens with one attached hydrogen (secondary N) is 1. The molecule has 0 saturated carbocycles. The average molecular weight is 949 g/mol. The topological polar surface area (TPSA) is 406 Å². The summed E-state index contributed by atoms with van der Waals surface area (Å²) in [6, 6.07) is 9.42. The maximum atomic E-state index is 12.7. The van der Waals surface area contributed by atoms with Crippen LogP contribution in [0, 0.1) is 0 Å². The zero-order valence-corrected chi connectivity index (χ0v) is 35.2. The van der Waals surface area contributed by atoms with Crippen LogP contribution < -0.4 is 20.0 Å². The van der Waals surface area contributed by atoms with E-state index in [1.807, 2.05) is 0 Å². The highest BCUT2D eigenvalue weighted by Gasteiger charge is 2.29. The molecule has 0 radical (unpaired) electrons. The van der Waals surface area contributed by atoms with Gasteiger partial charge in [-0.1, -0.05) is 0 Å². The Kier molecular flexibility index (Phi) is 13.9. The number of azo groups is 3. The summed E-state index contributed by atoms with van der Waals surface area (Å²) >= 11 is 0. The van der Waals surface area contributed by atoms with Crippen LogP contribution in [0.5, 0.6) is 23.0 Å². The van der Waals surface area contributed by atoms with Crippen LogP contribution in [0.1, 0.15) is 31.1 Å². The third-order valence-electron chi connectivity index (χ3n) is 8.22. The van der Waals surface area contributed by atoms with E-state index >= 15 is 0 Å². The molecule has 0 atom stereocenters. The number of aromatic carboxylic acids is 1. The lowest BCUT2D eigenvalue weighted by Gasteiger charge is -2.14. The van der Waals surface area contributed by atoms with Crippen molar-refractivity contribution >= 4 is 98.5 Å². The normalized spacial score (nSPS) is 12.4. The highest BCUT2D eigenvalue weighted by atomic mass is 32.2. The van der Waals surface area contributed by atoms with Gasteiger partial charge in [0.05, 0.1) is 29.9 Å². The summed E-state index contributed by atoms with van der Waals surface area (Å²) in [6.45, 7) is 4.22. The lowest BCUT2D eigenvalue weighted by molar-refractivity contribution is -0.114. The largest absolute Gasteiger partial charge is 0.505 e. The minimum Gasteiger partial charge on any atom is -0.505 e. The molecule has 5 rings (SSSR count). The van der Waals surface area contributed by atoms with Gasteiger partial charge in [-0.05, 0) is 67.8 Å². The second-order valence-corrected chi connectivity index (χ2v) is 16.8. The summed E-state index contributed by atoms with van der Waals surface area (Å²) in [5.74, 6) is -5.03. The Morgan fingerprint density at radius 2 is 1.12 bits per heavy atom. The zero-order valence-electron chi connectivity index (χ0n) is 32.7. The number of aromatic hydroxyl groups is 2. The first-order valence-corrected chi connectivity index (χ1v) is 21.8. The number of rotatable bonds is 16. The summed E-state index contributed by atoms with van der Waals surface area (Å²) in [4.78, 5) is 20.0. The van der Waals surface area contributed by atoms with Crippen molar-refractivity contribution in [3.63, 3.8) is 0 Å². The van der Waals surface area contributed by atoms with Gasteiger partial charge in [0.25, 0.3) is 30.4 Å². The van der Waals surface area contributed by atoms with E-state index in [2.05, 4.69) is 36.0 Å². The van der Waals surface area contributed by atoms with E-state index in [1.165, 1.54) is 19.1 Å². The molecule has 29 heteroatoms. The number of hydrogen-bond donors (Lipinski definition) is 9. The Balaban J connectivity index is 1.69. The van der Waals surface area contributed by atoms with Crippen molar-refractivity contribution in [3.05, 3.63) is 66.2 Å². The number of anilines is 2. The number of carboxylic acid groups (broad SMARTS) is 1. The molecule has 0 aliphatic heterocycles. The summed E-state index contributed by atoms with van der Waals surface area (Å²) in [6.07, 6.45) is 0. The molecule has 0 aliphatic carbocycles. The first-order valence-electron chi connectivity index (χ1n) is 17.5. The van der Waals surface area contributed by atoms with Crippen molar-refractivity contribution < 1.29 is 83.7 Å². The van der Waals surface area contributed by atoms with Crippen molar-refractivity contribution in [3.8, 4) is 23.0 Å². The molecule has 1 amide bonds. The van der Waals surface area contributed by atoms with E-state index in [0.717, 1.165) is 36.4 Å². The number of carbonyl (C=O) groups excluding carboxylic acids is 1. The predicted octanol–water partition coefficient (Wildman–Crippen LogP) is 7.28. The van der Waals surface area contributed by atoms with Gasteiger partial charge in [-0.15, -0.1) is 30.8 Å². The van der Waals surface area contributed by atoms with E-state index in [0.29, 0.717) is 12.1 Å².